The molecule has 158 valence electrons. The SMILES string of the molecule is CC(C)(C)n1cc(C(=O)N2CCN(S(=O)(=O)c3ccc4ccccc4c3)CC2)cn1. The maximum atomic E-state index is 13.1. The number of nitrogens with zero attached hydrogens (tertiary/aromatic N) is 4. The maximum absolute atomic E-state index is 13.1. The van der Waals surface area contributed by atoms with Crippen molar-refractivity contribution in [3.63, 3.8) is 0 Å². The lowest BCUT2D eigenvalue weighted by Crippen LogP contribution is -2.50. The molecule has 0 saturated carbocycles. The van der Waals surface area contributed by atoms with Gasteiger partial charge in [0.1, 0.15) is 0 Å². The Morgan fingerprint density at radius 2 is 1.63 bits per heavy atom. The van der Waals surface area contributed by atoms with E-state index in [0.717, 1.165) is 10.8 Å². The van der Waals surface area contributed by atoms with Gasteiger partial charge in [-0.15, -0.1) is 0 Å². The molecule has 1 aliphatic heterocycles. The van der Waals surface area contributed by atoms with Crippen LogP contribution in [0.5, 0.6) is 0 Å². The summed E-state index contributed by atoms with van der Waals surface area (Å²) in [7, 11) is -3.60. The summed E-state index contributed by atoms with van der Waals surface area (Å²) in [5.41, 5.74) is 0.321. The molecule has 1 aliphatic rings. The zero-order valence-corrected chi connectivity index (χ0v) is 18.3. The van der Waals surface area contributed by atoms with E-state index in [1.807, 2.05) is 51.1 Å². The molecule has 1 saturated heterocycles. The Bertz CT molecular complexity index is 1190. The van der Waals surface area contributed by atoms with E-state index < -0.39 is 10.0 Å². The first-order chi connectivity index (χ1) is 14.2. The number of hydrogen-bond donors (Lipinski definition) is 0. The number of sulfonamides is 1. The van der Waals surface area contributed by atoms with Gasteiger partial charge < -0.3 is 4.90 Å². The highest BCUT2D eigenvalue weighted by atomic mass is 32.2. The fourth-order valence-corrected chi connectivity index (χ4v) is 5.05. The van der Waals surface area contributed by atoms with Crippen molar-refractivity contribution in [2.24, 2.45) is 0 Å². The quantitative estimate of drug-likeness (QED) is 0.645. The predicted molar refractivity (Wildman–Crippen MR) is 116 cm³/mol. The van der Waals surface area contributed by atoms with Gasteiger partial charge in [-0.2, -0.15) is 9.40 Å². The zero-order chi connectivity index (χ0) is 21.5. The van der Waals surface area contributed by atoms with Crippen LogP contribution in [-0.2, 0) is 15.6 Å². The van der Waals surface area contributed by atoms with Gasteiger partial charge in [-0.3, -0.25) is 9.48 Å². The molecular formula is C22H26N4O3S. The third-order valence-corrected chi connectivity index (χ3v) is 7.30. The molecule has 4 rings (SSSR count). The summed E-state index contributed by atoms with van der Waals surface area (Å²) in [6, 6.07) is 12.9. The second-order valence-electron chi connectivity index (χ2n) is 8.55. The Hall–Kier alpha value is -2.71. The second-order valence-corrected chi connectivity index (χ2v) is 10.5. The summed E-state index contributed by atoms with van der Waals surface area (Å²) in [6.45, 7) is 7.31. The number of carbonyl (C=O) groups is 1. The van der Waals surface area contributed by atoms with Crippen LogP contribution < -0.4 is 0 Å². The van der Waals surface area contributed by atoms with Gasteiger partial charge in [-0.1, -0.05) is 30.3 Å². The molecule has 1 fully saturated rings. The summed E-state index contributed by atoms with van der Waals surface area (Å²) in [5, 5.41) is 6.18. The molecular weight excluding hydrogens is 400 g/mol. The lowest BCUT2D eigenvalue weighted by molar-refractivity contribution is 0.0697. The van der Waals surface area contributed by atoms with Gasteiger partial charge in [0.25, 0.3) is 5.91 Å². The fourth-order valence-electron chi connectivity index (χ4n) is 3.59. The second kappa shape index (κ2) is 7.52. The molecule has 0 bridgehead atoms. The maximum Gasteiger partial charge on any atom is 0.257 e. The van der Waals surface area contributed by atoms with Gasteiger partial charge in [-0.25, -0.2) is 8.42 Å². The van der Waals surface area contributed by atoms with E-state index in [1.165, 1.54) is 4.31 Å². The molecule has 0 atom stereocenters. The van der Waals surface area contributed by atoms with Crippen LogP contribution >= 0.6 is 0 Å². The number of amides is 1. The summed E-state index contributed by atoms with van der Waals surface area (Å²) in [4.78, 5) is 14.8. The van der Waals surface area contributed by atoms with Gasteiger partial charge in [0.15, 0.2) is 0 Å². The molecule has 8 heteroatoms. The Labute approximate surface area is 176 Å². The third-order valence-electron chi connectivity index (χ3n) is 5.40. The van der Waals surface area contributed by atoms with Crippen LogP contribution in [0.25, 0.3) is 10.8 Å². The van der Waals surface area contributed by atoms with Crippen molar-refractivity contribution < 1.29 is 13.2 Å². The lowest BCUT2D eigenvalue weighted by Gasteiger charge is -2.33. The normalized spacial score (nSPS) is 16.2. The first-order valence-corrected chi connectivity index (χ1v) is 11.4. The topological polar surface area (TPSA) is 75.5 Å². The molecule has 2 heterocycles. The van der Waals surface area contributed by atoms with Crippen LogP contribution in [0.3, 0.4) is 0 Å². The van der Waals surface area contributed by atoms with Gasteiger partial charge >= 0.3 is 0 Å². The Morgan fingerprint density at radius 3 is 2.27 bits per heavy atom. The highest BCUT2D eigenvalue weighted by Gasteiger charge is 2.31. The third kappa shape index (κ3) is 3.85. The largest absolute Gasteiger partial charge is 0.336 e. The van der Waals surface area contributed by atoms with E-state index in [0.29, 0.717) is 18.7 Å². The number of benzene rings is 2. The Balaban J connectivity index is 1.46. The van der Waals surface area contributed by atoms with Gasteiger partial charge in [0, 0.05) is 32.4 Å². The standard InChI is InChI=1S/C22H26N4O3S/c1-22(2,3)26-16-19(15-23-26)21(27)24-10-12-25(13-11-24)30(28,29)20-9-8-17-6-4-5-7-18(17)14-20/h4-9,14-16H,10-13H2,1-3H3. The average Bonchev–Trinajstić information content (AvgIpc) is 3.24. The molecule has 1 amide bonds. The van der Waals surface area contributed by atoms with Crippen molar-refractivity contribution in [3.8, 4) is 0 Å². The zero-order valence-electron chi connectivity index (χ0n) is 17.4. The van der Waals surface area contributed by atoms with E-state index in [4.69, 9.17) is 0 Å². The fraction of sp³-hybridized carbons (Fsp3) is 0.364. The summed E-state index contributed by atoms with van der Waals surface area (Å²) >= 11 is 0. The molecule has 7 nitrogen and oxygen atoms in total. The number of carbonyl (C=O) groups excluding carboxylic acids is 1. The number of rotatable bonds is 3. The summed E-state index contributed by atoms with van der Waals surface area (Å²) < 4.78 is 29.4. The van der Waals surface area contributed by atoms with Crippen molar-refractivity contribution in [2.45, 2.75) is 31.2 Å². The first-order valence-electron chi connectivity index (χ1n) is 10.00. The molecule has 0 aliphatic carbocycles. The minimum absolute atomic E-state index is 0.117. The van der Waals surface area contributed by atoms with E-state index in [9.17, 15) is 13.2 Å². The van der Waals surface area contributed by atoms with Crippen LogP contribution in [0.1, 0.15) is 31.1 Å². The summed E-state index contributed by atoms with van der Waals surface area (Å²) in [5.74, 6) is -0.117. The Kier molecular flexibility index (Phi) is 5.15. The molecule has 0 spiro atoms. The van der Waals surface area contributed by atoms with Crippen LogP contribution in [-0.4, -0.2) is 59.5 Å². The average molecular weight is 427 g/mol. The number of hydrogen-bond acceptors (Lipinski definition) is 4. The van der Waals surface area contributed by atoms with E-state index in [2.05, 4.69) is 5.10 Å². The van der Waals surface area contributed by atoms with Gasteiger partial charge in [-0.05, 0) is 43.7 Å². The van der Waals surface area contributed by atoms with Crippen molar-refractivity contribution in [1.82, 2.24) is 19.0 Å². The van der Waals surface area contributed by atoms with Crippen molar-refractivity contribution in [2.75, 3.05) is 26.2 Å². The molecule has 1 aromatic heterocycles. The van der Waals surface area contributed by atoms with Crippen LogP contribution in [0, 0.1) is 0 Å². The highest BCUT2D eigenvalue weighted by molar-refractivity contribution is 7.89. The smallest absolute Gasteiger partial charge is 0.257 e. The van der Waals surface area contributed by atoms with Crippen LogP contribution in [0.4, 0.5) is 0 Å². The minimum Gasteiger partial charge on any atom is -0.336 e. The van der Waals surface area contributed by atoms with E-state index >= 15 is 0 Å². The molecule has 2 aromatic carbocycles. The van der Waals surface area contributed by atoms with Crippen LogP contribution in [0.2, 0.25) is 0 Å². The van der Waals surface area contributed by atoms with E-state index in [1.54, 1.807) is 34.1 Å². The molecule has 0 radical (unpaired) electrons. The molecule has 0 N–H and O–H groups in total. The van der Waals surface area contributed by atoms with Crippen LogP contribution in [0.15, 0.2) is 59.8 Å². The van der Waals surface area contributed by atoms with Gasteiger partial charge in [0.2, 0.25) is 10.0 Å². The monoisotopic (exact) mass is 426 g/mol. The van der Waals surface area contributed by atoms with Gasteiger partial charge in [0.05, 0.1) is 22.2 Å². The lowest BCUT2D eigenvalue weighted by atomic mass is 10.1. The Morgan fingerprint density at radius 1 is 0.967 bits per heavy atom. The van der Waals surface area contributed by atoms with Crippen molar-refractivity contribution in [1.29, 1.82) is 0 Å². The minimum atomic E-state index is -3.60. The number of aromatic nitrogens is 2. The first kappa shape index (κ1) is 20.6. The number of piperazine rings is 1. The van der Waals surface area contributed by atoms with E-state index in [-0.39, 0.29) is 29.4 Å². The predicted octanol–water partition coefficient (Wildman–Crippen LogP) is 2.94. The molecule has 30 heavy (non-hydrogen) atoms. The molecule has 3 aromatic rings. The van der Waals surface area contributed by atoms with Crippen molar-refractivity contribution in [3.05, 3.63) is 60.4 Å². The summed E-state index contributed by atoms with van der Waals surface area (Å²) in [6.07, 6.45) is 3.33. The number of fused-ring (bicyclic) bond motifs is 1. The highest BCUT2D eigenvalue weighted by Crippen LogP contribution is 2.23. The molecule has 0 unspecified atom stereocenters. The van der Waals surface area contributed by atoms with Crippen molar-refractivity contribution >= 4 is 26.7 Å².